The average Bonchev–Trinajstić information content (AvgIpc) is 3.29. The van der Waals surface area contributed by atoms with Crippen LogP contribution < -0.4 is 9.47 Å². The minimum absolute atomic E-state index is 0.614. The van der Waals surface area contributed by atoms with Gasteiger partial charge in [0, 0.05) is 29.2 Å². The highest BCUT2D eigenvalue weighted by molar-refractivity contribution is 7.98. The number of nitrogens with zero attached hydrogens (tertiary/aromatic N) is 4. The van der Waals surface area contributed by atoms with Gasteiger partial charge in [0.25, 0.3) is 0 Å². The first-order valence-corrected chi connectivity index (χ1v) is 10.8. The summed E-state index contributed by atoms with van der Waals surface area (Å²) in [5.74, 6) is 3.97. The highest BCUT2D eigenvalue weighted by Crippen LogP contribution is 2.40. The van der Waals surface area contributed by atoms with Crippen LogP contribution in [0.5, 0.6) is 11.5 Å². The molecule has 0 radical (unpaired) electrons. The molecule has 2 aromatic heterocycles. The maximum absolute atomic E-state index is 5.39. The fraction of sp³-hybridized carbons (Fsp3) is 0.421. The molecule has 1 saturated carbocycles. The zero-order valence-electron chi connectivity index (χ0n) is 15.6. The number of thioether (sulfide) groups is 1. The Kier molecular flexibility index (Phi) is 5.36. The third kappa shape index (κ3) is 3.82. The van der Waals surface area contributed by atoms with Crippen molar-refractivity contribution in [2.45, 2.75) is 43.1 Å². The summed E-state index contributed by atoms with van der Waals surface area (Å²) >= 11 is 3.34. The third-order valence-corrected chi connectivity index (χ3v) is 6.48. The van der Waals surface area contributed by atoms with Gasteiger partial charge in [-0.3, -0.25) is 0 Å². The Morgan fingerprint density at radius 1 is 1.19 bits per heavy atom. The summed E-state index contributed by atoms with van der Waals surface area (Å²) in [5, 5.41) is 12.9. The number of rotatable bonds is 8. The predicted molar refractivity (Wildman–Crippen MR) is 108 cm³/mol. The van der Waals surface area contributed by atoms with E-state index in [-0.39, 0.29) is 0 Å². The molecule has 8 heteroatoms. The van der Waals surface area contributed by atoms with E-state index in [0.29, 0.717) is 11.7 Å². The number of aromatic nitrogens is 4. The summed E-state index contributed by atoms with van der Waals surface area (Å²) in [6.45, 7) is 3.06. The molecule has 0 unspecified atom stereocenters. The van der Waals surface area contributed by atoms with Gasteiger partial charge in [-0.25, -0.2) is 4.98 Å². The second kappa shape index (κ2) is 7.90. The number of methoxy groups -OCH3 is 2. The first kappa shape index (κ1) is 18.3. The van der Waals surface area contributed by atoms with E-state index in [1.807, 2.05) is 18.2 Å². The Labute approximate surface area is 166 Å². The van der Waals surface area contributed by atoms with Crippen LogP contribution in [0.2, 0.25) is 0 Å². The van der Waals surface area contributed by atoms with Gasteiger partial charge in [-0.15, -0.1) is 21.5 Å². The van der Waals surface area contributed by atoms with Gasteiger partial charge in [-0.2, -0.15) is 0 Å². The van der Waals surface area contributed by atoms with Crippen molar-refractivity contribution in [3.8, 4) is 22.1 Å². The van der Waals surface area contributed by atoms with Crippen molar-refractivity contribution in [2.75, 3.05) is 14.2 Å². The minimum atomic E-state index is 0.614. The fourth-order valence-electron chi connectivity index (χ4n) is 2.96. The standard InChI is InChI=1S/C19H22N4O2S2/c1-4-23-17(12-5-6-12)21-22-19(23)27-11-14-10-26-18(20-14)13-7-8-15(24-2)16(9-13)25-3/h7-10,12H,4-6,11H2,1-3H3. The Hall–Kier alpha value is -2.06. The minimum Gasteiger partial charge on any atom is -0.493 e. The molecular formula is C19H22N4O2S2. The van der Waals surface area contributed by atoms with Crippen LogP contribution in [0.15, 0.2) is 28.7 Å². The van der Waals surface area contributed by atoms with Gasteiger partial charge < -0.3 is 14.0 Å². The van der Waals surface area contributed by atoms with Gasteiger partial charge in [0.15, 0.2) is 16.7 Å². The molecular weight excluding hydrogens is 380 g/mol. The zero-order valence-corrected chi connectivity index (χ0v) is 17.3. The topological polar surface area (TPSA) is 62.1 Å². The maximum Gasteiger partial charge on any atom is 0.191 e. The first-order chi connectivity index (χ1) is 13.2. The van der Waals surface area contributed by atoms with Gasteiger partial charge in [0.2, 0.25) is 0 Å². The van der Waals surface area contributed by atoms with Gasteiger partial charge in [-0.1, -0.05) is 11.8 Å². The molecule has 0 aliphatic heterocycles. The summed E-state index contributed by atoms with van der Waals surface area (Å²) in [6.07, 6.45) is 2.48. The Morgan fingerprint density at radius 2 is 2.00 bits per heavy atom. The smallest absolute Gasteiger partial charge is 0.191 e. The number of ether oxygens (including phenoxy) is 2. The molecule has 1 aliphatic carbocycles. The van der Waals surface area contributed by atoms with Crippen LogP contribution in [0.1, 0.15) is 37.2 Å². The molecule has 2 heterocycles. The molecule has 0 amide bonds. The highest BCUT2D eigenvalue weighted by Gasteiger charge is 2.30. The van der Waals surface area contributed by atoms with Crippen LogP contribution in [-0.2, 0) is 12.3 Å². The van der Waals surface area contributed by atoms with E-state index in [9.17, 15) is 0 Å². The average molecular weight is 403 g/mol. The summed E-state index contributed by atoms with van der Waals surface area (Å²) in [7, 11) is 3.28. The van der Waals surface area contributed by atoms with Crippen molar-refractivity contribution in [3.63, 3.8) is 0 Å². The van der Waals surface area contributed by atoms with Crippen molar-refractivity contribution >= 4 is 23.1 Å². The van der Waals surface area contributed by atoms with Crippen LogP contribution in [0.25, 0.3) is 10.6 Å². The Balaban J connectivity index is 1.47. The van der Waals surface area contributed by atoms with Crippen molar-refractivity contribution in [3.05, 3.63) is 35.1 Å². The van der Waals surface area contributed by atoms with E-state index in [2.05, 4.69) is 27.1 Å². The summed E-state index contributed by atoms with van der Waals surface area (Å²) < 4.78 is 12.9. The first-order valence-electron chi connectivity index (χ1n) is 8.96. The lowest BCUT2D eigenvalue weighted by atomic mass is 10.2. The Bertz CT molecular complexity index is 934. The molecule has 0 atom stereocenters. The molecule has 0 spiro atoms. The summed E-state index contributed by atoms with van der Waals surface area (Å²) in [4.78, 5) is 4.78. The van der Waals surface area contributed by atoms with Crippen LogP contribution in [0.4, 0.5) is 0 Å². The van der Waals surface area contributed by atoms with E-state index in [1.165, 1.54) is 12.8 Å². The Morgan fingerprint density at radius 3 is 2.70 bits per heavy atom. The molecule has 0 N–H and O–H groups in total. The molecule has 1 aliphatic rings. The summed E-state index contributed by atoms with van der Waals surface area (Å²) in [5.41, 5.74) is 2.08. The monoisotopic (exact) mass is 402 g/mol. The number of benzene rings is 1. The predicted octanol–water partition coefficient (Wildman–Crippen LogP) is 4.61. The second-order valence-electron chi connectivity index (χ2n) is 6.36. The second-order valence-corrected chi connectivity index (χ2v) is 8.16. The van der Waals surface area contributed by atoms with E-state index in [4.69, 9.17) is 14.5 Å². The third-order valence-electron chi connectivity index (χ3n) is 4.54. The van der Waals surface area contributed by atoms with Gasteiger partial charge >= 0.3 is 0 Å². The van der Waals surface area contributed by atoms with E-state index in [0.717, 1.165) is 45.3 Å². The molecule has 4 rings (SSSR count). The molecule has 0 bridgehead atoms. The van der Waals surface area contributed by atoms with Crippen molar-refractivity contribution in [2.24, 2.45) is 0 Å². The lowest BCUT2D eigenvalue weighted by Gasteiger charge is -2.08. The number of hydrogen-bond acceptors (Lipinski definition) is 7. The largest absolute Gasteiger partial charge is 0.493 e. The maximum atomic E-state index is 5.39. The van der Waals surface area contributed by atoms with Crippen LogP contribution >= 0.6 is 23.1 Å². The lowest BCUT2D eigenvalue weighted by molar-refractivity contribution is 0.355. The van der Waals surface area contributed by atoms with Crippen LogP contribution in [0, 0.1) is 0 Å². The molecule has 3 aromatic rings. The molecule has 6 nitrogen and oxygen atoms in total. The quantitative estimate of drug-likeness (QED) is 0.513. The fourth-order valence-corrected chi connectivity index (χ4v) is 4.79. The van der Waals surface area contributed by atoms with Gasteiger partial charge in [0.05, 0.1) is 19.9 Å². The van der Waals surface area contributed by atoms with Gasteiger partial charge in [0.1, 0.15) is 10.8 Å². The summed E-state index contributed by atoms with van der Waals surface area (Å²) in [6, 6.07) is 5.88. The molecule has 1 fully saturated rings. The van der Waals surface area contributed by atoms with Crippen molar-refractivity contribution in [1.82, 2.24) is 19.7 Å². The highest BCUT2D eigenvalue weighted by atomic mass is 32.2. The van der Waals surface area contributed by atoms with Crippen LogP contribution in [-0.4, -0.2) is 34.0 Å². The van der Waals surface area contributed by atoms with Crippen molar-refractivity contribution < 1.29 is 9.47 Å². The normalized spacial score (nSPS) is 13.7. The SMILES string of the molecule is CCn1c(SCc2csc(-c3ccc(OC)c(OC)c3)n2)nnc1C1CC1. The van der Waals surface area contributed by atoms with Crippen molar-refractivity contribution in [1.29, 1.82) is 0 Å². The number of hydrogen-bond donors (Lipinski definition) is 0. The molecule has 1 aromatic carbocycles. The van der Waals surface area contributed by atoms with E-state index >= 15 is 0 Å². The van der Waals surface area contributed by atoms with E-state index < -0.39 is 0 Å². The zero-order chi connectivity index (χ0) is 18.8. The molecule has 27 heavy (non-hydrogen) atoms. The van der Waals surface area contributed by atoms with Crippen LogP contribution in [0.3, 0.4) is 0 Å². The van der Waals surface area contributed by atoms with E-state index in [1.54, 1.807) is 37.3 Å². The lowest BCUT2D eigenvalue weighted by Crippen LogP contribution is -2.02. The number of thiazole rings is 1. The molecule has 142 valence electrons. The van der Waals surface area contributed by atoms with Gasteiger partial charge in [-0.05, 0) is 38.0 Å². The molecule has 0 saturated heterocycles.